The van der Waals surface area contributed by atoms with Crippen LogP contribution in [0.2, 0.25) is 0 Å². The fraction of sp³-hybridized carbons (Fsp3) is 0.593. The Kier molecular flexibility index (Phi) is 15.4. The van der Waals surface area contributed by atoms with E-state index >= 15 is 0 Å². The molecule has 39 heavy (non-hydrogen) atoms. The quantitative estimate of drug-likeness (QED) is 0.139. The van der Waals surface area contributed by atoms with Crippen LogP contribution in [-0.2, 0) is 25.8 Å². The van der Waals surface area contributed by atoms with Gasteiger partial charge in [0.15, 0.2) is 11.6 Å². The number of rotatable bonds is 19. The topological polar surface area (TPSA) is 203 Å². The van der Waals surface area contributed by atoms with Gasteiger partial charge in [0.1, 0.15) is 12.4 Å². The van der Waals surface area contributed by atoms with Gasteiger partial charge in [-0.3, -0.25) is 19.2 Å². The average Bonchev–Trinajstić information content (AvgIpc) is 2.87. The van der Waals surface area contributed by atoms with Crippen molar-refractivity contribution in [1.29, 1.82) is 0 Å². The van der Waals surface area contributed by atoms with Gasteiger partial charge in [-0.1, -0.05) is 19.9 Å². The first kappa shape index (κ1) is 33.5. The van der Waals surface area contributed by atoms with Crippen molar-refractivity contribution in [3.05, 3.63) is 23.8 Å². The van der Waals surface area contributed by atoms with Gasteiger partial charge >= 0.3 is 6.03 Å². The number of ketones is 2. The second kappa shape index (κ2) is 17.9. The number of hydrogen-bond donors (Lipinski definition) is 6. The highest BCUT2D eigenvalue weighted by Gasteiger charge is 2.29. The third-order valence-electron chi connectivity index (χ3n) is 6.02. The van der Waals surface area contributed by atoms with Gasteiger partial charge < -0.3 is 37.3 Å². The normalized spacial score (nSPS) is 12.4. The number of hydrogen-bond acceptors (Lipinski definition) is 8. The van der Waals surface area contributed by atoms with Crippen LogP contribution in [0, 0.1) is 11.8 Å². The second-order valence-corrected chi connectivity index (χ2v) is 9.77. The lowest BCUT2D eigenvalue weighted by molar-refractivity contribution is -0.130. The fourth-order valence-corrected chi connectivity index (χ4v) is 3.93. The van der Waals surface area contributed by atoms with E-state index in [1.54, 1.807) is 26.0 Å². The molecule has 0 radical (unpaired) electrons. The number of ether oxygens (including phenoxy) is 1. The van der Waals surface area contributed by atoms with Gasteiger partial charge in [0.2, 0.25) is 11.8 Å². The van der Waals surface area contributed by atoms with E-state index in [9.17, 15) is 29.1 Å². The van der Waals surface area contributed by atoms with Gasteiger partial charge in [-0.15, -0.1) is 0 Å². The van der Waals surface area contributed by atoms with E-state index < -0.39 is 23.9 Å². The highest BCUT2D eigenvalue weighted by Crippen LogP contribution is 2.25. The van der Waals surface area contributed by atoms with Crippen LogP contribution in [0.3, 0.4) is 0 Å². The number of anilines is 1. The zero-order valence-corrected chi connectivity index (χ0v) is 23.1. The molecule has 2 atom stereocenters. The van der Waals surface area contributed by atoms with Crippen LogP contribution in [0.25, 0.3) is 0 Å². The number of carbonyl (C=O) groups is 5. The summed E-state index contributed by atoms with van der Waals surface area (Å²) in [5.41, 5.74) is 11.4. The van der Waals surface area contributed by atoms with Crippen LogP contribution in [0.1, 0.15) is 64.9 Å². The lowest BCUT2D eigenvalue weighted by atomic mass is 9.89. The predicted octanol–water partition coefficient (Wildman–Crippen LogP) is 1.38. The Hall–Kier alpha value is -3.51. The van der Waals surface area contributed by atoms with Crippen LogP contribution >= 0.6 is 0 Å². The largest absolute Gasteiger partial charge is 0.485 e. The van der Waals surface area contributed by atoms with Crippen molar-refractivity contribution in [1.82, 2.24) is 10.6 Å². The van der Waals surface area contributed by atoms with Gasteiger partial charge in [-0.25, -0.2) is 4.79 Å². The molecule has 0 saturated heterocycles. The smallest absolute Gasteiger partial charge is 0.312 e. The van der Waals surface area contributed by atoms with Gasteiger partial charge in [-0.2, -0.15) is 0 Å². The third-order valence-corrected chi connectivity index (χ3v) is 6.02. The minimum Gasteiger partial charge on any atom is -0.485 e. The van der Waals surface area contributed by atoms with E-state index in [0.29, 0.717) is 37.1 Å². The Bertz CT molecular complexity index is 983. The fourth-order valence-electron chi connectivity index (χ4n) is 3.93. The number of amides is 4. The molecule has 0 spiro atoms. The van der Waals surface area contributed by atoms with Crippen molar-refractivity contribution in [3.63, 3.8) is 0 Å². The Morgan fingerprint density at radius 2 is 1.79 bits per heavy atom. The minimum atomic E-state index is -0.756. The summed E-state index contributed by atoms with van der Waals surface area (Å²) in [5, 5.41) is 17.5. The highest BCUT2D eigenvalue weighted by atomic mass is 16.5. The molecule has 12 heteroatoms. The number of carbonyl (C=O) groups excluding carboxylic acids is 5. The summed E-state index contributed by atoms with van der Waals surface area (Å²) in [5.74, 6) is -1.85. The zero-order valence-electron chi connectivity index (χ0n) is 23.1. The number of aliphatic hydroxyl groups is 1. The summed E-state index contributed by atoms with van der Waals surface area (Å²) in [7, 11) is 0. The molecule has 12 nitrogen and oxygen atoms in total. The molecule has 4 amide bonds. The molecule has 0 aliphatic rings. The maximum Gasteiger partial charge on any atom is 0.312 e. The van der Waals surface area contributed by atoms with Crippen molar-refractivity contribution in [2.45, 2.75) is 71.9 Å². The summed E-state index contributed by atoms with van der Waals surface area (Å²) < 4.78 is 5.63. The molecule has 0 bridgehead atoms. The molecule has 0 saturated carbocycles. The standard InChI is InChI=1S/C27H43N5O7/c1-17(2)25(31-18(3)34)23(36)13-19(7-6-12-30-27(29)38)26(37)32-21-10-9-20(15-33)24(14-21)39-16-22(35)8-4-5-11-28/h9-10,14,17,19,25,33H,4-8,11-13,15-16,28H2,1-3H3,(H,31,34)(H,32,37)(H3,29,30,38)/t19-,25+/m1/s1. The Morgan fingerprint density at radius 3 is 2.38 bits per heavy atom. The van der Waals surface area contributed by atoms with Crippen molar-refractivity contribution in [2.75, 3.05) is 25.0 Å². The first-order valence-corrected chi connectivity index (χ1v) is 13.2. The number of primary amides is 1. The molecular weight excluding hydrogens is 506 g/mol. The number of nitrogens with two attached hydrogens (primary N) is 2. The van der Waals surface area contributed by atoms with Gasteiger partial charge in [0.05, 0.1) is 12.6 Å². The number of aliphatic hydroxyl groups excluding tert-OH is 1. The van der Waals surface area contributed by atoms with Crippen LogP contribution in [0.15, 0.2) is 18.2 Å². The molecule has 0 heterocycles. The highest BCUT2D eigenvalue weighted by molar-refractivity contribution is 5.97. The van der Waals surface area contributed by atoms with Crippen molar-refractivity contribution in [2.24, 2.45) is 23.3 Å². The monoisotopic (exact) mass is 549 g/mol. The molecule has 0 aliphatic heterocycles. The van der Waals surface area contributed by atoms with Crippen LogP contribution < -0.4 is 32.2 Å². The van der Waals surface area contributed by atoms with E-state index in [1.165, 1.54) is 13.0 Å². The number of nitrogens with one attached hydrogen (secondary N) is 3. The third kappa shape index (κ3) is 13.2. The first-order valence-electron chi connectivity index (χ1n) is 13.2. The second-order valence-electron chi connectivity index (χ2n) is 9.77. The molecule has 0 aliphatic carbocycles. The predicted molar refractivity (Wildman–Crippen MR) is 147 cm³/mol. The van der Waals surface area contributed by atoms with Crippen molar-refractivity contribution in [3.8, 4) is 5.75 Å². The maximum absolute atomic E-state index is 13.3. The van der Waals surface area contributed by atoms with E-state index in [-0.39, 0.29) is 61.7 Å². The molecule has 218 valence electrons. The molecule has 1 aromatic carbocycles. The Morgan fingerprint density at radius 1 is 1.08 bits per heavy atom. The van der Waals surface area contributed by atoms with Crippen molar-refractivity contribution < 1.29 is 33.8 Å². The van der Waals surface area contributed by atoms with Gasteiger partial charge in [-0.05, 0) is 44.2 Å². The molecule has 0 unspecified atom stereocenters. The van der Waals surface area contributed by atoms with E-state index in [2.05, 4.69) is 16.0 Å². The van der Waals surface area contributed by atoms with E-state index in [0.717, 1.165) is 6.42 Å². The summed E-state index contributed by atoms with van der Waals surface area (Å²) >= 11 is 0. The van der Waals surface area contributed by atoms with Crippen molar-refractivity contribution >= 4 is 35.1 Å². The van der Waals surface area contributed by atoms with E-state index in [1.807, 2.05) is 0 Å². The number of urea groups is 1. The lowest BCUT2D eigenvalue weighted by Crippen LogP contribution is -2.44. The lowest BCUT2D eigenvalue weighted by Gasteiger charge is -2.23. The number of unbranched alkanes of at least 4 members (excludes halogenated alkanes) is 1. The number of benzene rings is 1. The average molecular weight is 550 g/mol. The molecule has 0 fully saturated rings. The van der Waals surface area contributed by atoms with Crippen LogP contribution in [0.5, 0.6) is 5.75 Å². The van der Waals surface area contributed by atoms with Crippen LogP contribution in [0.4, 0.5) is 10.5 Å². The molecule has 8 N–H and O–H groups in total. The molecule has 0 aromatic heterocycles. The summed E-state index contributed by atoms with van der Waals surface area (Å²) in [6.45, 7) is 5.16. The molecular formula is C27H43N5O7. The maximum atomic E-state index is 13.3. The van der Waals surface area contributed by atoms with Gasteiger partial charge in [0, 0.05) is 49.5 Å². The Labute approximate surface area is 229 Å². The molecule has 1 aromatic rings. The minimum absolute atomic E-state index is 0.108. The SMILES string of the molecule is CC(=O)N[C@H](C(=O)C[C@@H](CCCNC(N)=O)C(=O)Nc1ccc(CO)c(OCC(=O)CCCCN)c1)C(C)C. The summed E-state index contributed by atoms with van der Waals surface area (Å²) in [6, 6.07) is 3.24. The zero-order chi connectivity index (χ0) is 29.4. The van der Waals surface area contributed by atoms with Crippen LogP contribution in [-0.4, -0.2) is 60.3 Å². The summed E-state index contributed by atoms with van der Waals surface area (Å²) in [4.78, 5) is 61.0. The van der Waals surface area contributed by atoms with Gasteiger partial charge in [0.25, 0.3) is 0 Å². The summed E-state index contributed by atoms with van der Waals surface area (Å²) in [6.07, 6.45) is 2.28. The van der Waals surface area contributed by atoms with E-state index in [4.69, 9.17) is 16.2 Å². The number of Topliss-reactive ketones (excluding diaryl/α,β-unsaturated/α-hetero) is 2. The molecule has 1 rings (SSSR count). The Balaban J connectivity index is 3.01. The first-order chi connectivity index (χ1) is 18.5.